The molecule has 0 aliphatic carbocycles. The molecule has 8 nitrogen and oxygen atoms in total. The molecule has 2 aromatic heterocycles. The zero-order chi connectivity index (χ0) is 19.7. The van der Waals surface area contributed by atoms with Gasteiger partial charge in [0.15, 0.2) is 11.5 Å². The molecule has 0 aromatic carbocycles. The Balaban J connectivity index is 1.39. The maximum atomic E-state index is 12.6. The van der Waals surface area contributed by atoms with Crippen molar-refractivity contribution in [3.63, 3.8) is 0 Å². The van der Waals surface area contributed by atoms with E-state index >= 15 is 0 Å². The molecule has 4 rings (SSSR count). The average molecular weight is 402 g/mol. The first kappa shape index (κ1) is 18.8. The summed E-state index contributed by atoms with van der Waals surface area (Å²) in [6, 6.07) is 1.82. The van der Waals surface area contributed by atoms with Crippen LogP contribution in [0.2, 0.25) is 0 Å². The Kier molecular flexibility index (Phi) is 5.27. The van der Waals surface area contributed by atoms with Crippen LogP contribution in [0.15, 0.2) is 11.4 Å². The largest absolute Gasteiger partial charge is 0.379 e. The summed E-state index contributed by atoms with van der Waals surface area (Å²) in [5.41, 5.74) is 2.96. The van der Waals surface area contributed by atoms with Crippen molar-refractivity contribution in [2.24, 2.45) is 0 Å². The van der Waals surface area contributed by atoms with E-state index in [0.717, 1.165) is 23.2 Å². The third-order valence-electron chi connectivity index (χ3n) is 5.12. The van der Waals surface area contributed by atoms with E-state index < -0.39 is 0 Å². The zero-order valence-electron chi connectivity index (χ0n) is 15.6. The lowest BCUT2D eigenvalue weighted by Crippen LogP contribution is -2.38. The Bertz CT molecular complexity index is 913. The molecular formula is C19H22N4O4S. The molecule has 1 atom stereocenters. The SMILES string of the molecule is CC(=O)c1cc(CC(=O)N2CCc3c(C(=O)NC4CCOC4)n[nH]c3C2)cs1. The van der Waals surface area contributed by atoms with Gasteiger partial charge >= 0.3 is 0 Å². The van der Waals surface area contributed by atoms with Crippen LogP contribution in [-0.4, -0.2) is 58.5 Å². The Morgan fingerprint density at radius 2 is 2.29 bits per heavy atom. The number of ether oxygens (including phenoxy) is 1. The van der Waals surface area contributed by atoms with Gasteiger partial charge in [0.05, 0.1) is 36.2 Å². The van der Waals surface area contributed by atoms with E-state index in [1.165, 1.54) is 18.3 Å². The monoisotopic (exact) mass is 402 g/mol. The van der Waals surface area contributed by atoms with Crippen LogP contribution >= 0.6 is 11.3 Å². The fourth-order valence-corrected chi connectivity index (χ4v) is 4.38. The Morgan fingerprint density at radius 3 is 3.00 bits per heavy atom. The van der Waals surface area contributed by atoms with Gasteiger partial charge < -0.3 is 15.0 Å². The maximum Gasteiger partial charge on any atom is 0.272 e. The molecule has 2 amide bonds. The number of hydrogen-bond acceptors (Lipinski definition) is 6. The number of thiophene rings is 1. The number of Topliss-reactive ketones (excluding diaryl/α,β-unsaturated/α-hetero) is 1. The smallest absolute Gasteiger partial charge is 0.272 e. The third-order valence-corrected chi connectivity index (χ3v) is 6.20. The van der Waals surface area contributed by atoms with Gasteiger partial charge in [0.2, 0.25) is 5.91 Å². The lowest BCUT2D eigenvalue weighted by atomic mass is 10.0. The summed E-state index contributed by atoms with van der Waals surface area (Å²) in [4.78, 5) is 39.0. The van der Waals surface area contributed by atoms with Gasteiger partial charge in [-0.1, -0.05) is 0 Å². The van der Waals surface area contributed by atoms with Gasteiger partial charge in [-0.25, -0.2) is 0 Å². The first-order valence-corrected chi connectivity index (χ1v) is 10.2. The number of nitrogens with zero attached hydrogens (tertiary/aromatic N) is 2. The Hall–Kier alpha value is -2.52. The van der Waals surface area contributed by atoms with Crippen molar-refractivity contribution in [2.75, 3.05) is 19.8 Å². The van der Waals surface area contributed by atoms with Gasteiger partial charge in [-0.15, -0.1) is 11.3 Å². The quantitative estimate of drug-likeness (QED) is 0.734. The maximum absolute atomic E-state index is 12.6. The molecule has 2 aliphatic heterocycles. The van der Waals surface area contributed by atoms with Gasteiger partial charge in [-0.05, 0) is 36.8 Å². The molecule has 1 saturated heterocycles. The Labute approximate surface area is 166 Å². The predicted octanol–water partition coefficient (Wildman–Crippen LogP) is 1.32. The van der Waals surface area contributed by atoms with Crippen molar-refractivity contribution >= 4 is 28.9 Å². The summed E-state index contributed by atoms with van der Waals surface area (Å²) in [6.45, 7) is 3.68. The first-order chi connectivity index (χ1) is 13.5. The number of fused-ring (bicyclic) bond motifs is 1. The van der Waals surface area contributed by atoms with Crippen molar-refractivity contribution in [1.82, 2.24) is 20.4 Å². The molecule has 2 aromatic rings. The number of amides is 2. The van der Waals surface area contributed by atoms with Gasteiger partial charge in [0, 0.05) is 18.7 Å². The topological polar surface area (TPSA) is 104 Å². The fourth-order valence-electron chi connectivity index (χ4n) is 3.56. The van der Waals surface area contributed by atoms with Gasteiger partial charge in [0.1, 0.15) is 0 Å². The molecule has 1 fully saturated rings. The minimum Gasteiger partial charge on any atom is -0.379 e. The highest BCUT2D eigenvalue weighted by molar-refractivity contribution is 7.12. The van der Waals surface area contributed by atoms with Gasteiger partial charge in [0.25, 0.3) is 5.91 Å². The molecule has 2 aliphatic rings. The van der Waals surface area contributed by atoms with Crippen LogP contribution in [0.4, 0.5) is 0 Å². The van der Waals surface area contributed by atoms with Crippen LogP contribution in [0, 0.1) is 0 Å². The number of aromatic amines is 1. The predicted molar refractivity (Wildman–Crippen MR) is 102 cm³/mol. The van der Waals surface area contributed by atoms with Crippen molar-refractivity contribution < 1.29 is 19.1 Å². The van der Waals surface area contributed by atoms with E-state index in [1.54, 1.807) is 11.0 Å². The Morgan fingerprint density at radius 1 is 1.43 bits per heavy atom. The van der Waals surface area contributed by atoms with E-state index in [2.05, 4.69) is 15.5 Å². The molecule has 1 unspecified atom stereocenters. The third kappa shape index (κ3) is 3.85. The normalized spacial score (nSPS) is 18.8. The molecule has 0 bridgehead atoms. The average Bonchev–Trinajstić information content (AvgIpc) is 3.41. The number of nitrogens with one attached hydrogen (secondary N) is 2. The number of ketones is 1. The second kappa shape index (κ2) is 7.84. The lowest BCUT2D eigenvalue weighted by Gasteiger charge is -2.27. The van der Waals surface area contributed by atoms with Crippen LogP contribution in [0.25, 0.3) is 0 Å². The zero-order valence-corrected chi connectivity index (χ0v) is 16.4. The summed E-state index contributed by atoms with van der Waals surface area (Å²) in [5.74, 6) is -0.177. The highest BCUT2D eigenvalue weighted by Crippen LogP contribution is 2.22. The second-order valence-corrected chi connectivity index (χ2v) is 8.09. The highest BCUT2D eigenvalue weighted by atomic mass is 32.1. The summed E-state index contributed by atoms with van der Waals surface area (Å²) in [5, 5.41) is 11.9. The van der Waals surface area contributed by atoms with Gasteiger partial charge in [-0.2, -0.15) is 5.10 Å². The number of carbonyl (C=O) groups is 3. The summed E-state index contributed by atoms with van der Waals surface area (Å²) in [7, 11) is 0. The number of aromatic nitrogens is 2. The van der Waals surface area contributed by atoms with E-state index in [4.69, 9.17) is 4.74 Å². The highest BCUT2D eigenvalue weighted by Gasteiger charge is 2.29. The molecule has 0 radical (unpaired) electrons. The summed E-state index contributed by atoms with van der Waals surface area (Å²) >= 11 is 1.36. The molecule has 9 heteroatoms. The molecular weight excluding hydrogens is 380 g/mol. The molecule has 0 saturated carbocycles. The summed E-state index contributed by atoms with van der Waals surface area (Å²) < 4.78 is 5.29. The van der Waals surface area contributed by atoms with Crippen molar-refractivity contribution in [2.45, 2.75) is 38.8 Å². The minimum absolute atomic E-state index is 0.00209. The number of hydrogen-bond donors (Lipinski definition) is 2. The number of H-pyrrole nitrogens is 1. The standard InChI is InChI=1S/C19H22N4O4S/c1-11(24)16-6-12(10-28-16)7-17(25)23-4-2-14-15(8-23)21-22-18(14)19(26)20-13-3-5-27-9-13/h6,10,13H,2-5,7-9H2,1H3,(H,20,26)(H,21,22). The van der Waals surface area contributed by atoms with Crippen LogP contribution < -0.4 is 5.32 Å². The second-order valence-electron chi connectivity index (χ2n) is 7.18. The van der Waals surface area contributed by atoms with E-state index in [0.29, 0.717) is 43.3 Å². The number of carbonyl (C=O) groups excluding carboxylic acids is 3. The van der Waals surface area contributed by atoms with Crippen LogP contribution in [0.3, 0.4) is 0 Å². The van der Waals surface area contributed by atoms with Crippen molar-refractivity contribution in [3.05, 3.63) is 38.8 Å². The van der Waals surface area contributed by atoms with Crippen LogP contribution in [0.1, 0.15) is 50.3 Å². The number of rotatable bonds is 5. The molecule has 2 N–H and O–H groups in total. The minimum atomic E-state index is -0.192. The molecule has 0 spiro atoms. The lowest BCUT2D eigenvalue weighted by molar-refractivity contribution is -0.131. The van der Waals surface area contributed by atoms with E-state index in [1.807, 2.05) is 5.38 Å². The molecule has 148 valence electrons. The molecule has 28 heavy (non-hydrogen) atoms. The summed E-state index contributed by atoms with van der Waals surface area (Å²) in [6.07, 6.45) is 1.67. The van der Waals surface area contributed by atoms with E-state index in [9.17, 15) is 14.4 Å². The molecule has 4 heterocycles. The van der Waals surface area contributed by atoms with E-state index in [-0.39, 0.29) is 30.1 Å². The van der Waals surface area contributed by atoms with Crippen molar-refractivity contribution in [1.29, 1.82) is 0 Å². The van der Waals surface area contributed by atoms with Crippen LogP contribution in [-0.2, 0) is 28.9 Å². The van der Waals surface area contributed by atoms with Crippen LogP contribution in [0.5, 0.6) is 0 Å². The fraction of sp³-hybridized carbons (Fsp3) is 0.474. The first-order valence-electron chi connectivity index (χ1n) is 9.32. The van der Waals surface area contributed by atoms with Gasteiger partial charge in [-0.3, -0.25) is 19.5 Å². The van der Waals surface area contributed by atoms with Crippen molar-refractivity contribution in [3.8, 4) is 0 Å².